The number of aromatic nitrogens is 3. The van der Waals surface area contributed by atoms with E-state index >= 15 is 0 Å². The Morgan fingerprint density at radius 2 is 1.73 bits per heavy atom. The molecule has 0 aliphatic rings. The lowest BCUT2D eigenvalue weighted by Gasteiger charge is -2.19. The predicted octanol–water partition coefficient (Wildman–Crippen LogP) is 5.93. The molecule has 5 rings (SSSR count). The quantitative estimate of drug-likeness (QED) is 0.113. The molecule has 2 heterocycles. The monoisotopic (exact) mass is 535 g/mol. The van der Waals surface area contributed by atoms with E-state index in [9.17, 15) is 19.7 Å². The minimum Gasteiger partial charge on any atom is -0.462 e. The van der Waals surface area contributed by atoms with E-state index in [1.54, 1.807) is 23.6 Å². The van der Waals surface area contributed by atoms with Crippen molar-refractivity contribution in [2.24, 2.45) is 0 Å². The summed E-state index contributed by atoms with van der Waals surface area (Å²) in [6.07, 6.45) is 2.71. The van der Waals surface area contributed by atoms with E-state index in [0.29, 0.717) is 27.8 Å². The van der Waals surface area contributed by atoms with Crippen LogP contribution in [0, 0.1) is 10.1 Å². The molecule has 0 aliphatic heterocycles. The lowest BCUT2D eigenvalue weighted by molar-refractivity contribution is -0.384. The molecule has 5 aromatic rings. The highest BCUT2D eigenvalue weighted by Crippen LogP contribution is 2.35. The summed E-state index contributed by atoms with van der Waals surface area (Å²) in [6, 6.07) is 22.5. The number of amides is 1. The molecule has 1 N–H and O–H groups in total. The lowest BCUT2D eigenvalue weighted by atomic mass is 10.1. The van der Waals surface area contributed by atoms with E-state index in [-0.39, 0.29) is 29.7 Å². The number of para-hydroxylation sites is 2. The Kier molecular flexibility index (Phi) is 7.32. The molecule has 1 amide bonds. The number of nitro benzene ring substituents is 1. The maximum absolute atomic E-state index is 13.3. The zero-order valence-electron chi connectivity index (χ0n) is 21.8. The van der Waals surface area contributed by atoms with Gasteiger partial charge in [0.15, 0.2) is 5.65 Å². The van der Waals surface area contributed by atoms with Crippen LogP contribution in [0.5, 0.6) is 0 Å². The van der Waals surface area contributed by atoms with Gasteiger partial charge in [0.25, 0.3) is 5.69 Å². The van der Waals surface area contributed by atoms with E-state index in [1.165, 1.54) is 30.4 Å². The summed E-state index contributed by atoms with van der Waals surface area (Å²) in [5, 5.41) is 14.0. The Morgan fingerprint density at radius 3 is 2.42 bits per heavy atom. The standard InChI is InChI=1S/C30H25N5O5/c1-3-40-30(37)26-27-29(32-24-15-8-7-14-23(24)31-27)34(19(2)21-11-5-4-6-12-21)28(26)33-25(36)17-16-20-10-9-13-22(18-20)35(38)39/h4-19H,3H2,1-2H3,(H,33,36)/b17-16+/t19-/m1/s1. The minimum absolute atomic E-state index is 0.0896. The first-order valence-corrected chi connectivity index (χ1v) is 12.6. The van der Waals surface area contributed by atoms with Crippen LogP contribution >= 0.6 is 0 Å². The maximum Gasteiger partial charge on any atom is 0.344 e. The number of esters is 1. The van der Waals surface area contributed by atoms with Crippen molar-refractivity contribution < 1.29 is 19.2 Å². The number of non-ortho nitro benzene ring substituents is 1. The molecule has 0 saturated carbocycles. The van der Waals surface area contributed by atoms with Gasteiger partial charge in [-0.2, -0.15) is 0 Å². The third-order valence-corrected chi connectivity index (χ3v) is 6.39. The van der Waals surface area contributed by atoms with Crippen LogP contribution in [0.15, 0.2) is 84.9 Å². The highest BCUT2D eigenvalue weighted by Gasteiger charge is 2.30. The Morgan fingerprint density at radius 1 is 1.02 bits per heavy atom. The van der Waals surface area contributed by atoms with Crippen LogP contribution in [0.25, 0.3) is 28.3 Å². The molecule has 10 nitrogen and oxygen atoms in total. The number of carbonyl (C=O) groups excluding carboxylic acids is 2. The smallest absolute Gasteiger partial charge is 0.344 e. The molecule has 0 unspecified atom stereocenters. The summed E-state index contributed by atoms with van der Waals surface area (Å²) in [5.41, 5.74) is 3.34. The van der Waals surface area contributed by atoms with Crippen molar-refractivity contribution in [3.63, 3.8) is 0 Å². The number of benzene rings is 3. The van der Waals surface area contributed by atoms with Gasteiger partial charge in [0, 0.05) is 18.2 Å². The molecule has 0 fully saturated rings. The van der Waals surface area contributed by atoms with Gasteiger partial charge in [-0.1, -0.05) is 54.6 Å². The normalized spacial score (nSPS) is 12.1. The highest BCUT2D eigenvalue weighted by molar-refractivity contribution is 6.13. The third-order valence-electron chi connectivity index (χ3n) is 6.39. The molecule has 0 saturated heterocycles. The van der Waals surface area contributed by atoms with E-state index in [4.69, 9.17) is 14.7 Å². The molecule has 2 aromatic heterocycles. The van der Waals surface area contributed by atoms with Crippen molar-refractivity contribution >= 4 is 51.7 Å². The van der Waals surface area contributed by atoms with Gasteiger partial charge >= 0.3 is 5.97 Å². The van der Waals surface area contributed by atoms with Crippen LogP contribution in [-0.4, -0.2) is 37.9 Å². The molecular weight excluding hydrogens is 510 g/mol. The number of nitro groups is 1. The van der Waals surface area contributed by atoms with Gasteiger partial charge in [0.05, 0.1) is 28.6 Å². The molecule has 200 valence electrons. The van der Waals surface area contributed by atoms with Gasteiger partial charge in [-0.05, 0) is 43.2 Å². The van der Waals surface area contributed by atoms with Crippen LogP contribution in [0.1, 0.15) is 41.4 Å². The van der Waals surface area contributed by atoms with Crippen molar-refractivity contribution in [1.82, 2.24) is 14.5 Å². The van der Waals surface area contributed by atoms with Crippen molar-refractivity contribution in [2.75, 3.05) is 11.9 Å². The Balaban J connectivity index is 1.67. The van der Waals surface area contributed by atoms with E-state index in [1.807, 2.05) is 55.5 Å². The molecule has 3 aromatic carbocycles. The molecule has 10 heteroatoms. The predicted molar refractivity (Wildman–Crippen MR) is 152 cm³/mol. The SMILES string of the molecule is CCOC(=O)c1c(NC(=O)/C=C/c2cccc([N+](=O)[O-])c2)n([C@H](C)c2ccccc2)c2nc3ccccc3nc12. The summed E-state index contributed by atoms with van der Waals surface area (Å²) in [4.78, 5) is 46.7. The lowest BCUT2D eigenvalue weighted by Crippen LogP contribution is -2.18. The second-order valence-electron chi connectivity index (χ2n) is 8.96. The molecular formula is C30H25N5O5. The number of fused-ring (bicyclic) bond motifs is 2. The van der Waals surface area contributed by atoms with Crippen LogP contribution in [0.3, 0.4) is 0 Å². The number of hydrogen-bond donors (Lipinski definition) is 1. The first kappa shape index (κ1) is 26.2. The van der Waals surface area contributed by atoms with Gasteiger partial charge in [0.1, 0.15) is 16.9 Å². The van der Waals surface area contributed by atoms with Gasteiger partial charge in [-0.25, -0.2) is 14.8 Å². The van der Waals surface area contributed by atoms with E-state index < -0.39 is 16.8 Å². The summed E-state index contributed by atoms with van der Waals surface area (Å²) in [5.74, 6) is -1.01. The number of anilines is 1. The number of nitrogens with one attached hydrogen (secondary N) is 1. The van der Waals surface area contributed by atoms with Crippen LogP contribution in [-0.2, 0) is 9.53 Å². The second-order valence-corrected chi connectivity index (χ2v) is 8.96. The summed E-state index contributed by atoms with van der Waals surface area (Å²) in [7, 11) is 0. The van der Waals surface area contributed by atoms with Crippen molar-refractivity contribution in [3.05, 3.63) is 112 Å². The number of rotatable bonds is 8. The molecule has 0 aliphatic carbocycles. The Bertz CT molecular complexity index is 1780. The average molecular weight is 536 g/mol. The van der Waals surface area contributed by atoms with Gasteiger partial charge < -0.3 is 14.6 Å². The number of carbonyl (C=O) groups is 2. The molecule has 40 heavy (non-hydrogen) atoms. The molecule has 0 spiro atoms. The Labute approximate surface area is 229 Å². The highest BCUT2D eigenvalue weighted by atomic mass is 16.6. The number of nitrogens with zero attached hydrogens (tertiary/aromatic N) is 4. The number of hydrogen-bond acceptors (Lipinski definition) is 7. The van der Waals surface area contributed by atoms with E-state index in [0.717, 1.165) is 5.56 Å². The van der Waals surface area contributed by atoms with Gasteiger partial charge in [-0.15, -0.1) is 0 Å². The second kappa shape index (κ2) is 11.2. The fourth-order valence-electron chi connectivity index (χ4n) is 4.51. The summed E-state index contributed by atoms with van der Waals surface area (Å²) < 4.78 is 7.15. The first-order chi connectivity index (χ1) is 19.4. The zero-order valence-corrected chi connectivity index (χ0v) is 21.8. The molecule has 1 atom stereocenters. The van der Waals surface area contributed by atoms with Crippen molar-refractivity contribution in [1.29, 1.82) is 0 Å². The third kappa shape index (κ3) is 5.14. The summed E-state index contributed by atoms with van der Waals surface area (Å²) in [6.45, 7) is 3.76. The molecule has 0 radical (unpaired) electrons. The summed E-state index contributed by atoms with van der Waals surface area (Å²) >= 11 is 0. The van der Waals surface area contributed by atoms with Gasteiger partial charge in [-0.3, -0.25) is 14.9 Å². The fraction of sp³-hybridized carbons (Fsp3) is 0.133. The minimum atomic E-state index is -0.644. The average Bonchev–Trinajstić information content (AvgIpc) is 3.27. The van der Waals surface area contributed by atoms with Crippen LogP contribution in [0.2, 0.25) is 0 Å². The van der Waals surface area contributed by atoms with Crippen LogP contribution in [0.4, 0.5) is 11.5 Å². The van der Waals surface area contributed by atoms with Crippen LogP contribution < -0.4 is 5.32 Å². The topological polar surface area (TPSA) is 129 Å². The van der Waals surface area contributed by atoms with Crippen molar-refractivity contribution in [2.45, 2.75) is 19.9 Å². The number of ether oxygens (including phenoxy) is 1. The fourth-order valence-corrected chi connectivity index (χ4v) is 4.51. The van der Waals surface area contributed by atoms with Gasteiger partial charge in [0.2, 0.25) is 5.91 Å². The van der Waals surface area contributed by atoms with Crippen molar-refractivity contribution in [3.8, 4) is 0 Å². The maximum atomic E-state index is 13.3. The molecule has 0 bridgehead atoms. The zero-order chi connectivity index (χ0) is 28.2. The first-order valence-electron chi connectivity index (χ1n) is 12.6. The van der Waals surface area contributed by atoms with E-state index in [2.05, 4.69) is 5.32 Å². The Hall–Kier alpha value is -5.38. The largest absolute Gasteiger partial charge is 0.462 e.